The minimum absolute atomic E-state index is 0.479. The average molecular weight is 731 g/mol. The molecule has 0 fully saturated rings. The van der Waals surface area contributed by atoms with Gasteiger partial charge >= 0.3 is 0 Å². The van der Waals surface area contributed by atoms with Crippen LogP contribution in [0.3, 0.4) is 0 Å². The van der Waals surface area contributed by atoms with E-state index >= 15 is 0 Å². The van der Waals surface area contributed by atoms with Crippen LogP contribution in [0.2, 0.25) is 0 Å². The van der Waals surface area contributed by atoms with Crippen LogP contribution in [0.1, 0.15) is 22.3 Å². The summed E-state index contributed by atoms with van der Waals surface area (Å²) < 4.78 is 2.41. The average Bonchev–Trinajstić information content (AvgIpc) is 3.60. The van der Waals surface area contributed by atoms with Gasteiger partial charge in [-0.1, -0.05) is 157 Å². The van der Waals surface area contributed by atoms with Gasteiger partial charge < -0.3 is 9.47 Å². The smallest absolute Gasteiger partial charge is 0.0735 e. The Morgan fingerprint density at radius 2 is 1.00 bits per heavy atom. The minimum Gasteiger partial charge on any atom is -0.310 e. The molecular formula is C53H34N2S. The number of aromatic nitrogens is 1. The first-order valence-electron chi connectivity index (χ1n) is 19.3. The highest BCUT2D eigenvalue weighted by atomic mass is 32.2. The van der Waals surface area contributed by atoms with E-state index in [9.17, 15) is 0 Å². The van der Waals surface area contributed by atoms with Crippen molar-refractivity contribution in [1.82, 2.24) is 4.57 Å². The molecule has 10 aromatic rings. The van der Waals surface area contributed by atoms with Gasteiger partial charge in [0.1, 0.15) is 0 Å². The van der Waals surface area contributed by atoms with Gasteiger partial charge in [0.15, 0.2) is 0 Å². The van der Waals surface area contributed by atoms with E-state index in [0.29, 0.717) is 0 Å². The molecule has 0 bridgehead atoms. The number of rotatable bonds is 4. The van der Waals surface area contributed by atoms with Crippen LogP contribution in [0.5, 0.6) is 0 Å². The second-order valence-electron chi connectivity index (χ2n) is 14.8. The van der Waals surface area contributed by atoms with Crippen molar-refractivity contribution in [3.05, 3.63) is 229 Å². The van der Waals surface area contributed by atoms with Crippen LogP contribution in [0, 0.1) is 0 Å². The van der Waals surface area contributed by atoms with E-state index < -0.39 is 5.41 Å². The summed E-state index contributed by atoms with van der Waals surface area (Å²) in [5.41, 5.74) is 14.4. The summed E-state index contributed by atoms with van der Waals surface area (Å²) in [6.07, 6.45) is 0. The fourth-order valence-electron chi connectivity index (χ4n) is 9.85. The standard InChI is InChI=1S/C53H34N2S/c1-3-16-35(17-4-1)54(37-30-31-40-39-21-8-12-27-47(39)55(49(40)34-37)36-18-5-2-6-19-36)48-33-32-41-38-20-7-9-23-43(38)53(46-26-15-22-42(48)52(41)46)44-24-10-13-28-50(44)56-51-29-14-11-25-45(51)53/h1-34H. The van der Waals surface area contributed by atoms with Gasteiger partial charge in [-0.15, -0.1) is 0 Å². The van der Waals surface area contributed by atoms with Gasteiger partial charge in [0.25, 0.3) is 0 Å². The molecule has 0 amide bonds. The summed E-state index contributed by atoms with van der Waals surface area (Å²) >= 11 is 1.89. The maximum atomic E-state index is 2.46. The van der Waals surface area contributed by atoms with Crippen molar-refractivity contribution in [1.29, 1.82) is 0 Å². The lowest BCUT2D eigenvalue weighted by atomic mass is 9.59. The minimum atomic E-state index is -0.479. The molecule has 262 valence electrons. The Morgan fingerprint density at radius 3 is 1.79 bits per heavy atom. The predicted octanol–water partition coefficient (Wildman–Crippen LogP) is 14.2. The number of hydrogen-bond acceptors (Lipinski definition) is 2. The third-order valence-corrected chi connectivity index (χ3v) is 13.2. The molecule has 1 aliphatic carbocycles. The lowest BCUT2D eigenvalue weighted by molar-refractivity contribution is 0.707. The number of nitrogens with zero attached hydrogens (tertiary/aromatic N) is 2. The molecular weight excluding hydrogens is 697 g/mol. The molecule has 0 atom stereocenters. The first-order chi connectivity index (χ1) is 27.8. The summed E-state index contributed by atoms with van der Waals surface area (Å²) in [5, 5.41) is 5.03. The van der Waals surface area contributed by atoms with E-state index in [-0.39, 0.29) is 0 Å². The van der Waals surface area contributed by atoms with E-state index in [1.165, 1.54) is 75.7 Å². The Balaban J connectivity index is 1.17. The quantitative estimate of drug-likeness (QED) is 0.178. The Labute approximate surface area is 329 Å². The zero-order chi connectivity index (χ0) is 36.8. The van der Waals surface area contributed by atoms with Crippen LogP contribution < -0.4 is 4.90 Å². The molecule has 56 heavy (non-hydrogen) atoms. The summed E-state index contributed by atoms with van der Waals surface area (Å²) in [7, 11) is 0. The van der Waals surface area contributed by atoms with Crippen LogP contribution >= 0.6 is 11.8 Å². The first-order valence-corrected chi connectivity index (χ1v) is 20.1. The van der Waals surface area contributed by atoms with Gasteiger partial charge in [-0.25, -0.2) is 0 Å². The molecule has 9 aromatic carbocycles. The summed E-state index contributed by atoms with van der Waals surface area (Å²) in [6, 6.07) is 76.3. The van der Waals surface area contributed by atoms with Crippen molar-refractivity contribution in [3.63, 3.8) is 0 Å². The van der Waals surface area contributed by atoms with Crippen LogP contribution in [-0.4, -0.2) is 4.57 Å². The molecule has 1 spiro atoms. The summed E-state index contributed by atoms with van der Waals surface area (Å²) in [6.45, 7) is 0. The van der Waals surface area contributed by atoms with E-state index in [2.05, 4.69) is 216 Å². The topological polar surface area (TPSA) is 8.17 Å². The zero-order valence-electron chi connectivity index (χ0n) is 30.4. The fourth-order valence-corrected chi connectivity index (χ4v) is 11.0. The highest BCUT2D eigenvalue weighted by Gasteiger charge is 2.48. The zero-order valence-corrected chi connectivity index (χ0v) is 31.2. The third-order valence-electron chi connectivity index (χ3n) is 12.0. The van der Waals surface area contributed by atoms with Crippen molar-refractivity contribution >= 4 is 61.4 Å². The van der Waals surface area contributed by atoms with E-state index in [1.807, 2.05) is 11.8 Å². The van der Waals surface area contributed by atoms with Crippen LogP contribution in [0.4, 0.5) is 17.1 Å². The first kappa shape index (κ1) is 31.5. The van der Waals surface area contributed by atoms with Gasteiger partial charge in [0.2, 0.25) is 0 Å². The van der Waals surface area contributed by atoms with Gasteiger partial charge in [0.05, 0.1) is 22.1 Å². The van der Waals surface area contributed by atoms with E-state index in [1.54, 1.807) is 0 Å². The number of anilines is 3. The molecule has 1 aromatic heterocycles. The number of fused-ring (bicyclic) bond motifs is 11. The van der Waals surface area contributed by atoms with E-state index in [4.69, 9.17) is 0 Å². The monoisotopic (exact) mass is 730 g/mol. The van der Waals surface area contributed by atoms with Gasteiger partial charge in [0, 0.05) is 43.0 Å². The second kappa shape index (κ2) is 12.1. The maximum absolute atomic E-state index is 2.46. The van der Waals surface area contributed by atoms with Crippen molar-refractivity contribution < 1.29 is 0 Å². The van der Waals surface area contributed by atoms with Gasteiger partial charge in [-0.05, 0) is 99.4 Å². The van der Waals surface area contributed by atoms with Crippen LogP contribution in [0.25, 0.3) is 49.4 Å². The second-order valence-corrected chi connectivity index (χ2v) is 15.9. The van der Waals surface area contributed by atoms with Crippen molar-refractivity contribution in [2.75, 3.05) is 4.90 Å². The number of hydrogen-bond donors (Lipinski definition) is 0. The molecule has 0 unspecified atom stereocenters. The largest absolute Gasteiger partial charge is 0.310 e. The Kier molecular flexibility index (Phi) is 6.81. The van der Waals surface area contributed by atoms with Gasteiger partial charge in [-0.2, -0.15) is 0 Å². The summed E-state index contributed by atoms with van der Waals surface area (Å²) in [4.78, 5) is 5.08. The van der Waals surface area contributed by atoms with Crippen LogP contribution in [-0.2, 0) is 5.41 Å². The third kappa shape index (κ3) is 4.29. The molecule has 1 aliphatic heterocycles. The van der Waals surface area contributed by atoms with E-state index in [0.717, 1.165) is 22.7 Å². The Morgan fingerprint density at radius 1 is 0.393 bits per heavy atom. The van der Waals surface area contributed by atoms with Gasteiger partial charge in [-0.3, -0.25) is 0 Å². The highest BCUT2D eigenvalue weighted by molar-refractivity contribution is 7.99. The molecule has 3 heteroatoms. The van der Waals surface area contributed by atoms with Crippen molar-refractivity contribution in [3.8, 4) is 16.8 Å². The number of benzene rings is 9. The molecule has 2 heterocycles. The SMILES string of the molecule is c1ccc(N(c2ccc3c4ccccc4n(-c4ccccc4)c3c2)c2ccc3c4c(cccc24)C2(c4ccccc4Sc4ccccc42)c2ccccc2-3)cc1. The Hall–Kier alpha value is -6.81. The lowest BCUT2D eigenvalue weighted by Crippen LogP contribution is -2.36. The molecule has 0 saturated heterocycles. The Bertz CT molecular complexity index is 3130. The van der Waals surface area contributed by atoms with Crippen molar-refractivity contribution in [2.24, 2.45) is 0 Å². The lowest BCUT2D eigenvalue weighted by Gasteiger charge is -2.46. The molecule has 2 aliphatic rings. The molecule has 12 rings (SSSR count). The van der Waals surface area contributed by atoms with Crippen molar-refractivity contribution in [2.45, 2.75) is 15.2 Å². The maximum Gasteiger partial charge on any atom is 0.0735 e. The normalized spacial score (nSPS) is 13.4. The highest BCUT2D eigenvalue weighted by Crippen LogP contribution is 2.62. The summed E-state index contributed by atoms with van der Waals surface area (Å²) in [5.74, 6) is 0. The molecule has 0 saturated carbocycles. The molecule has 0 radical (unpaired) electrons. The predicted molar refractivity (Wildman–Crippen MR) is 234 cm³/mol. The molecule has 2 nitrogen and oxygen atoms in total. The molecule has 0 N–H and O–H groups in total. The number of para-hydroxylation sites is 3. The van der Waals surface area contributed by atoms with Crippen LogP contribution in [0.15, 0.2) is 216 Å². The fraction of sp³-hybridized carbons (Fsp3) is 0.0189.